The first kappa shape index (κ1) is 24.6. The van der Waals surface area contributed by atoms with E-state index in [1.54, 1.807) is 0 Å². The molecular weight excluding hydrogens is 476 g/mol. The minimum Gasteiger partial charge on any atom is -0.381 e. The zero-order chi connectivity index (χ0) is 25.9. The van der Waals surface area contributed by atoms with Gasteiger partial charge in [0, 0.05) is 73.5 Å². The first-order valence-electron chi connectivity index (χ1n) is 13.5. The molecule has 5 heterocycles. The van der Waals surface area contributed by atoms with Gasteiger partial charge in [0.25, 0.3) is 0 Å². The highest BCUT2D eigenvalue weighted by Gasteiger charge is 2.36. The second kappa shape index (κ2) is 10.9. The number of aromatic amines is 1. The highest BCUT2D eigenvalue weighted by atomic mass is 16.5. The number of H-pyrrole nitrogens is 1. The van der Waals surface area contributed by atoms with Crippen molar-refractivity contribution >= 4 is 22.6 Å². The number of ether oxygens (including phenoxy) is 1. The van der Waals surface area contributed by atoms with Gasteiger partial charge in [-0.15, -0.1) is 0 Å². The Bertz CT molecular complexity index is 1370. The molecule has 4 aromatic rings. The van der Waals surface area contributed by atoms with Crippen LogP contribution in [0.5, 0.6) is 0 Å². The molecule has 8 nitrogen and oxygen atoms in total. The molecule has 0 aliphatic carbocycles. The molecule has 38 heavy (non-hydrogen) atoms. The Morgan fingerprint density at radius 1 is 0.974 bits per heavy atom. The smallest absolute Gasteiger partial charge is 0.322 e. The first-order valence-corrected chi connectivity index (χ1v) is 13.5. The molecule has 2 aromatic heterocycles. The van der Waals surface area contributed by atoms with Gasteiger partial charge in [-0.1, -0.05) is 36.4 Å². The van der Waals surface area contributed by atoms with Crippen molar-refractivity contribution in [2.45, 2.75) is 44.8 Å². The number of hydrogen-bond donors (Lipinski definition) is 2. The van der Waals surface area contributed by atoms with Crippen LogP contribution in [0.15, 0.2) is 66.9 Å². The van der Waals surface area contributed by atoms with Gasteiger partial charge < -0.3 is 15.0 Å². The summed E-state index contributed by atoms with van der Waals surface area (Å²) in [5.41, 5.74) is 5.86. The quantitative estimate of drug-likeness (QED) is 0.395. The van der Waals surface area contributed by atoms with Crippen molar-refractivity contribution in [1.82, 2.24) is 25.0 Å². The number of aryl methyl sites for hydroxylation is 1. The summed E-state index contributed by atoms with van der Waals surface area (Å²) >= 11 is 0. The van der Waals surface area contributed by atoms with Crippen LogP contribution in [0.3, 0.4) is 0 Å². The van der Waals surface area contributed by atoms with E-state index in [0.717, 1.165) is 84.7 Å². The molecule has 7 rings (SSSR count). The van der Waals surface area contributed by atoms with Crippen LogP contribution >= 0.6 is 0 Å². The summed E-state index contributed by atoms with van der Waals surface area (Å²) in [5.74, 6) is 0. The van der Waals surface area contributed by atoms with Crippen molar-refractivity contribution < 1.29 is 9.53 Å². The standard InChI is InChI=1S/C24H28N6O2.C6H6/c1-15-10-16(2-6-25-15)23-20-11-17-13-30(24(31)26-21(17)12-22(20)27-28-23)19-3-7-29(14-19)18-4-8-32-9-5-18;1-2-4-6-5-3-1/h2,6,10-12,18-19H,3-5,7-9,13-14H2,1H3,(H,26,31)(H,27,28);1-6H. The number of aromatic nitrogens is 3. The number of urea groups is 1. The second-order valence-electron chi connectivity index (χ2n) is 10.3. The van der Waals surface area contributed by atoms with Crippen molar-refractivity contribution in [2.75, 3.05) is 31.6 Å². The molecule has 196 valence electrons. The zero-order valence-corrected chi connectivity index (χ0v) is 21.8. The van der Waals surface area contributed by atoms with Gasteiger partial charge in [0.1, 0.15) is 5.69 Å². The van der Waals surface area contributed by atoms with Crippen molar-refractivity contribution in [3.05, 3.63) is 78.1 Å². The van der Waals surface area contributed by atoms with Gasteiger partial charge in [-0.05, 0) is 56.0 Å². The van der Waals surface area contributed by atoms with Gasteiger partial charge in [-0.2, -0.15) is 5.10 Å². The van der Waals surface area contributed by atoms with Crippen LogP contribution in [0.4, 0.5) is 10.5 Å². The predicted molar refractivity (Wildman–Crippen MR) is 149 cm³/mol. The van der Waals surface area contributed by atoms with E-state index < -0.39 is 0 Å². The van der Waals surface area contributed by atoms with Gasteiger partial charge in [-0.25, -0.2) is 4.79 Å². The van der Waals surface area contributed by atoms with E-state index in [9.17, 15) is 4.79 Å². The maximum atomic E-state index is 13.0. The van der Waals surface area contributed by atoms with Crippen molar-refractivity contribution in [3.8, 4) is 11.3 Å². The molecule has 2 saturated heterocycles. The van der Waals surface area contributed by atoms with Crippen LogP contribution in [-0.2, 0) is 11.3 Å². The number of carbonyl (C=O) groups is 1. The monoisotopic (exact) mass is 510 g/mol. The largest absolute Gasteiger partial charge is 0.381 e. The summed E-state index contributed by atoms with van der Waals surface area (Å²) < 4.78 is 5.52. The van der Waals surface area contributed by atoms with Crippen molar-refractivity contribution in [3.63, 3.8) is 0 Å². The maximum Gasteiger partial charge on any atom is 0.322 e. The number of nitrogens with one attached hydrogen (secondary N) is 2. The summed E-state index contributed by atoms with van der Waals surface area (Å²) in [4.78, 5) is 21.8. The molecule has 0 bridgehead atoms. The molecule has 2 aromatic carbocycles. The minimum absolute atomic E-state index is 0.000162. The lowest BCUT2D eigenvalue weighted by Crippen LogP contribution is -2.47. The molecule has 8 heteroatoms. The van der Waals surface area contributed by atoms with Crippen LogP contribution in [-0.4, -0.2) is 69.4 Å². The number of amides is 2. The summed E-state index contributed by atoms with van der Waals surface area (Å²) in [6.07, 6.45) is 5.03. The Morgan fingerprint density at radius 3 is 2.47 bits per heavy atom. The van der Waals surface area contributed by atoms with E-state index >= 15 is 0 Å². The van der Waals surface area contributed by atoms with Gasteiger partial charge in [0.15, 0.2) is 0 Å². The SMILES string of the molecule is Cc1cc(-c2n[nH]c3cc4c(cc23)CN(C2CCN(C3CCOCC3)C2)C(=O)N4)ccn1.c1ccccc1. The fraction of sp³-hybridized carbons (Fsp3) is 0.367. The van der Waals surface area contributed by atoms with Crippen molar-refractivity contribution in [1.29, 1.82) is 0 Å². The summed E-state index contributed by atoms with van der Waals surface area (Å²) in [5, 5.41) is 11.9. The molecule has 3 aliphatic heterocycles. The fourth-order valence-electron chi connectivity index (χ4n) is 5.80. The number of benzene rings is 2. The van der Waals surface area contributed by atoms with Gasteiger partial charge in [-0.3, -0.25) is 15.0 Å². The van der Waals surface area contributed by atoms with E-state index in [-0.39, 0.29) is 12.1 Å². The normalized spacial score (nSPS) is 20.1. The Kier molecular flexibility index (Phi) is 7.07. The number of nitrogens with zero attached hydrogens (tertiary/aromatic N) is 4. The molecule has 2 N–H and O–H groups in total. The summed E-state index contributed by atoms with van der Waals surface area (Å²) in [6.45, 7) is 6.32. The van der Waals surface area contributed by atoms with Gasteiger partial charge in [0.2, 0.25) is 0 Å². The molecule has 2 fully saturated rings. The second-order valence-corrected chi connectivity index (χ2v) is 10.3. The number of anilines is 1. The molecule has 0 spiro atoms. The number of rotatable bonds is 3. The topological polar surface area (TPSA) is 86.4 Å². The highest BCUT2D eigenvalue weighted by molar-refractivity contribution is 6.00. The van der Waals surface area contributed by atoms with E-state index in [4.69, 9.17) is 4.74 Å². The van der Waals surface area contributed by atoms with Crippen LogP contribution in [0, 0.1) is 6.92 Å². The highest BCUT2D eigenvalue weighted by Crippen LogP contribution is 2.35. The van der Waals surface area contributed by atoms with Crippen molar-refractivity contribution in [2.24, 2.45) is 0 Å². The van der Waals surface area contributed by atoms with E-state index in [1.807, 2.05) is 72.6 Å². The Labute approximate surface area is 223 Å². The van der Waals surface area contributed by atoms with Gasteiger partial charge in [0.05, 0.1) is 5.52 Å². The number of likely N-dealkylation sites (tertiary alicyclic amines) is 1. The van der Waals surface area contributed by atoms with E-state index in [0.29, 0.717) is 12.6 Å². The van der Waals surface area contributed by atoms with Crippen LogP contribution in [0.1, 0.15) is 30.5 Å². The van der Waals surface area contributed by atoms with Gasteiger partial charge >= 0.3 is 6.03 Å². The molecule has 0 saturated carbocycles. The molecular formula is C30H34N6O2. The lowest BCUT2D eigenvalue weighted by atomic mass is 10.0. The summed E-state index contributed by atoms with van der Waals surface area (Å²) in [7, 11) is 0. The third-order valence-electron chi connectivity index (χ3n) is 7.81. The van der Waals surface area contributed by atoms with Crippen LogP contribution in [0.2, 0.25) is 0 Å². The molecule has 1 unspecified atom stereocenters. The molecule has 1 atom stereocenters. The third kappa shape index (κ3) is 5.14. The average Bonchev–Trinajstić information content (AvgIpc) is 3.61. The number of hydrogen-bond acceptors (Lipinski definition) is 5. The first-order chi connectivity index (χ1) is 18.7. The lowest BCUT2D eigenvalue weighted by Gasteiger charge is -2.35. The minimum atomic E-state index is 0.000162. The maximum absolute atomic E-state index is 13.0. The van der Waals surface area contributed by atoms with E-state index in [1.165, 1.54) is 0 Å². The molecule has 2 amide bonds. The Balaban J connectivity index is 0.000000390. The van der Waals surface area contributed by atoms with Crippen LogP contribution < -0.4 is 5.32 Å². The third-order valence-corrected chi connectivity index (χ3v) is 7.81. The lowest BCUT2D eigenvalue weighted by molar-refractivity contribution is 0.0401. The predicted octanol–water partition coefficient (Wildman–Crippen LogP) is 5.22. The fourth-order valence-corrected chi connectivity index (χ4v) is 5.80. The zero-order valence-electron chi connectivity index (χ0n) is 21.8. The number of fused-ring (bicyclic) bond motifs is 2. The number of carbonyl (C=O) groups excluding carboxylic acids is 1. The van der Waals surface area contributed by atoms with E-state index in [2.05, 4.69) is 31.5 Å². The number of pyridine rings is 1. The average molecular weight is 511 g/mol. The molecule has 3 aliphatic rings. The summed E-state index contributed by atoms with van der Waals surface area (Å²) in [6, 6.07) is 21.1. The Hall–Kier alpha value is -3.75. The van der Waals surface area contributed by atoms with Crippen LogP contribution in [0.25, 0.3) is 22.2 Å². The molecule has 0 radical (unpaired) electrons. The Morgan fingerprint density at radius 2 is 1.74 bits per heavy atom.